The van der Waals surface area contributed by atoms with E-state index in [1.165, 1.54) is 0 Å². The number of hydrogen-bond acceptors (Lipinski definition) is 4. The normalized spacial score (nSPS) is 10.6. The highest BCUT2D eigenvalue weighted by Crippen LogP contribution is 2.15. The van der Waals surface area contributed by atoms with Crippen molar-refractivity contribution in [2.75, 3.05) is 5.32 Å². The van der Waals surface area contributed by atoms with Gasteiger partial charge in [-0.1, -0.05) is 11.6 Å². The van der Waals surface area contributed by atoms with Crippen LogP contribution >= 0.6 is 11.6 Å². The van der Waals surface area contributed by atoms with Crippen LogP contribution in [0.15, 0.2) is 6.07 Å². The summed E-state index contributed by atoms with van der Waals surface area (Å²) in [6.07, 6.45) is 0. The summed E-state index contributed by atoms with van der Waals surface area (Å²) < 4.78 is 1.66. The summed E-state index contributed by atoms with van der Waals surface area (Å²) >= 11 is 5.83. The number of amides is 1. The Bertz CT molecular complexity index is 630. The number of nitrogens with one attached hydrogen (secondary N) is 1. The van der Waals surface area contributed by atoms with Crippen molar-refractivity contribution < 1.29 is 4.79 Å². The van der Waals surface area contributed by atoms with Gasteiger partial charge in [-0.3, -0.25) is 14.8 Å². The Kier molecular flexibility index (Phi) is 3.53. The molecule has 2 heterocycles. The molecule has 6 nitrogen and oxygen atoms in total. The second-order valence-corrected chi connectivity index (χ2v) is 4.67. The van der Waals surface area contributed by atoms with Gasteiger partial charge in [-0.15, -0.1) is 0 Å². The van der Waals surface area contributed by atoms with Gasteiger partial charge in [0.15, 0.2) is 0 Å². The van der Waals surface area contributed by atoms with Gasteiger partial charge in [0.05, 0.1) is 11.3 Å². The van der Waals surface area contributed by atoms with E-state index in [-0.39, 0.29) is 11.9 Å². The van der Waals surface area contributed by atoms with E-state index in [4.69, 9.17) is 11.6 Å². The van der Waals surface area contributed by atoms with Crippen molar-refractivity contribution in [3.05, 3.63) is 33.9 Å². The molecule has 0 saturated carbocycles. The zero-order chi connectivity index (χ0) is 14.2. The highest BCUT2D eigenvalue weighted by molar-refractivity contribution is 6.29. The maximum Gasteiger partial charge on any atom is 0.261 e. The number of aryl methyl sites for hydroxylation is 3. The van der Waals surface area contributed by atoms with Gasteiger partial charge in [0.1, 0.15) is 5.15 Å². The van der Waals surface area contributed by atoms with Gasteiger partial charge in [0.2, 0.25) is 5.95 Å². The quantitative estimate of drug-likeness (QED) is 0.854. The van der Waals surface area contributed by atoms with Gasteiger partial charge in [0.25, 0.3) is 5.91 Å². The van der Waals surface area contributed by atoms with Crippen LogP contribution in [0.5, 0.6) is 0 Å². The summed E-state index contributed by atoms with van der Waals surface area (Å²) in [4.78, 5) is 20.3. The highest BCUT2D eigenvalue weighted by Gasteiger charge is 2.18. The minimum absolute atomic E-state index is 0.192. The molecular weight excluding hydrogens is 266 g/mol. The topological polar surface area (TPSA) is 72.7 Å². The van der Waals surface area contributed by atoms with Crippen molar-refractivity contribution in [2.45, 2.75) is 20.8 Å². The van der Waals surface area contributed by atoms with Crippen molar-refractivity contribution in [1.29, 1.82) is 0 Å². The van der Waals surface area contributed by atoms with E-state index in [0.717, 1.165) is 5.69 Å². The summed E-state index contributed by atoms with van der Waals surface area (Å²) in [7, 11) is 1.79. The Morgan fingerprint density at radius 1 is 1.32 bits per heavy atom. The summed E-state index contributed by atoms with van der Waals surface area (Å²) in [5, 5.41) is 7.13. The van der Waals surface area contributed by atoms with E-state index >= 15 is 0 Å². The Morgan fingerprint density at radius 2 is 2.00 bits per heavy atom. The number of carbonyl (C=O) groups excluding carboxylic acids is 1. The third kappa shape index (κ3) is 2.73. The fraction of sp³-hybridized carbons (Fsp3) is 0.333. The molecule has 0 radical (unpaired) electrons. The Hall–Kier alpha value is -1.95. The highest BCUT2D eigenvalue weighted by atomic mass is 35.5. The molecule has 2 aromatic rings. The van der Waals surface area contributed by atoms with Crippen molar-refractivity contribution in [3.63, 3.8) is 0 Å². The van der Waals surface area contributed by atoms with Crippen LogP contribution in [0.1, 0.15) is 27.4 Å². The monoisotopic (exact) mass is 279 g/mol. The minimum atomic E-state index is -0.287. The maximum absolute atomic E-state index is 12.2. The number of rotatable bonds is 2. The maximum atomic E-state index is 12.2. The molecule has 0 spiro atoms. The van der Waals surface area contributed by atoms with E-state index in [1.54, 1.807) is 31.6 Å². The van der Waals surface area contributed by atoms with Gasteiger partial charge in [0, 0.05) is 18.4 Å². The lowest BCUT2D eigenvalue weighted by Gasteiger charge is -2.05. The Labute approximate surface area is 115 Å². The van der Waals surface area contributed by atoms with Gasteiger partial charge in [-0.25, -0.2) is 9.97 Å². The average molecular weight is 280 g/mol. The second-order valence-electron chi connectivity index (χ2n) is 4.28. The number of aromatic nitrogens is 4. The minimum Gasteiger partial charge on any atom is -0.290 e. The van der Waals surface area contributed by atoms with Crippen LogP contribution < -0.4 is 5.32 Å². The zero-order valence-corrected chi connectivity index (χ0v) is 11.9. The van der Waals surface area contributed by atoms with Gasteiger partial charge < -0.3 is 0 Å². The lowest BCUT2D eigenvalue weighted by atomic mass is 10.2. The molecule has 0 unspecified atom stereocenters. The predicted octanol–water partition coefficient (Wildman–Crippen LogP) is 2.04. The fourth-order valence-corrected chi connectivity index (χ4v) is 2.09. The first kappa shape index (κ1) is 13.5. The van der Waals surface area contributed by atoms with E-state index in [0.29, 0.717) is 22.1 Å². The number of anilines is 1. The van der Waals surface area contributed by atoms with Crippen LogP contribution in [0.4, 0.5) is 5.95 Å². The lowest BCUT2D eigenvalue weighted by Crippen LogP contribution is -2.16. The number of nitrogens with zero attached hydrogens (tertiary/aromatic N) is 4. The first-order valence-corrected chi connectivity index (χ1v) is 6.09. The summed E-state index contributed by atoms with van der Waals surface area (Å²) in [6.45, 7) is 5.40. The molecule has 0 saturated heterocycles. The van der Waals surface area contributed by atoms with Crippen molar-refractivity contribution in [1.82, 2.24) is 19.7 Å². The molecule has 0 atom stereocenters. The molecule has 19 heavy (non-hydrogen) atoms. The molecule has 100 valence electrons. The van der Waals surface area contributed by atoms with Crippen LogP contribution in [0.3, 0.4) is 0 Å². The number of halogens is 1. The van der Waals surface area contributed by atoms with Crippen molar-refractivity contribution >= 4 is 23.5 Å². The smallest absolute Gasteiger partial charge is 0.261 e. The molecule has 2 rings (SSSR count). The van der Waals surface area contributed by atoms with Crippen LogP contribution in [-0.4, -0.2) is 25.7 Å². The predicted molar refractivity (Wildman–Crippen MR) is 72.4 cm³/mol. The SMILES string of the molecule is Cc1cc(Cl)nc(NC(=O)c2c(C)nn(C)c2C)n1. The number of carbonyl (C=O) groups is 1. The van der Waals surface area contributed by atoms with Crippen LogP contribution in [0.25, 0.3) is 0 Å². The number of hydrogen-bond donors (Lipinski definition) is 1. The van der Waals surface area contributed by atoms with Crippen LogP contribution in [-0.2, 0) is 7.05 Å². The van der Waals surface area contributed by atoms with Gasteiger partial charge >= 0.3 is 0 Å². The van der Waals surface area contributed by atoms with Gasteiger partial charge in [-0.2, -0.15) is 5.10 Å². The first-order valence-electron chi connectivity index (χ1n) is 5.71. The van der Waals surface area contributed by atoms with Gasteiger partial charge in [-0.05, 0) is 26.8 Å². The van der Waals surface area contributed by atoms with E-state index in [2.05, 4.69) is 20.4 Å². The van der Waals surface area contributed by atoms with Crippen molar-refractivity contribution in [3.8, 4) is 0 Å². The molecule has 0 aliphatic rings. The summed E-state index contributed by atoms with van der Waals surface area (Å²) in [6, 6.07) is 1.62. The van der Waals surface area contributed by atoms with E-state index in [9.17, 15) is 4.79 Å². The Balaban J connectivity index is 2.30. The molecule has 7 heteroatoms. The standard InChI is InChI=1S/C12H14ClN5O/c1-6-5-9(13)15-12(14-6)16-11(19)10-7(2)17-18(4)8(10)3/h5H,1-4H3,(H,14,15,16,19). The molecule has 0 aromatic carbocycles. The largest absolute Gasteiger partial charge is 0.290 e. The fourth-order valence-electron chi connectivity index (χ4n) is 1.85. The molecule has 1 N–H and O–H groups in total. The van der Waals surface area contributed by atoms with E-state index in [1.807, 2.05) is 6.92 Å². The third-order valence-corrected chi connectivity index (χ3v) is 2.98. The summed E-state index contributed by atoms with van der Waals surface area (Å²) in [5.41, 5.74) is 2.67. The molecule has 2 aromatic heterocycles. The van der Waals surface area contributed by atoms with Crippen LogP contribution in [0.2, 0.25) is 5.15 Å². The zero-order valence-electron chi connectivity index (χ0n) is 11.2. The first-order chi connectivity index (χ1) is 8.88. The molecule has 0 aliphatic carbocycles. The average Bonchev–Trinajstić information content (AvgIpc) is 2.51. The molecule has 0 aliphatic heterocycles. The third-order valence-electron chi connectivity index (χ3n) is 2.78. The molecule has 0 fully saturated rings. The van der Waals surface area contributed by atoms with Crippen LogP contribution in [0, 0.1) is 20.8 Å². The molecular formula is C12H14ClN5O. The molecule has 0 bridgehead atoms. The molecule has 1 amide bonds. The second kappa shape index (κ2) is 4.97. The van der Waals surface area contributed by atoms with E-state index < -0.39 is 0 Å². The summed E-state index contributed by atoms with van der Waals surface area (Å²) in [5.74, 6) is -0.0950. The van der Waals surface area contributed by atoms with Crippen molar-refractivity contribution in [2.24, 2.45) is 7.05 Å². The lowest BCUT2D eigenvalue weighted by molar-refractivity contribution is 0.102. The Morgan fingerprint density at radius 3 is 2.53 bits per heavy atom.